The number of nitrogens with one attached hydrogen (secondary N) is 1. The Labute approximate surface area is 65.6 Å². The molecular formula is C7H13NO3. The van der Waals surface area contributed by atoms with Gasteiger partial charge in [-0.05, 0) is 0 Å². The molecule has 0 aliphatic heterocycles. The topological polar surface area (TPSA) is 66.4 Å². The molecule has 4 heteroatoms. The molecule has 0 bridgehead atoms. The molecule has 0 aromatic heterocycles. The summed E-state index contributed by atoms with van der Waals surface area (Å²) < 4.78 is 0. The first-order chi connectivity index (χ1) is 5.11. The molecular weight excluding hydrogens is 146 g/mol. The largest absolute Gasteiger partial charge is 0.384 e. The highest BCUT2D eigenvalue weighted by molar-refractivity contribution is 5.69. The third kappa shape index (κ3) is 3.85. The van der Waals surface area contributed by atoms with E-state index in [9.17, 15) is 9.59 Å². The van der Waals surface area contributed by atoms with Gasteiger partial charge < -0.3 is 20.0 Å². The predicted octanol–water partition coefficient (Wildman–Crippen LogP) is -0.888. The first-order valence-corrected chi connectivity index (χ1v) is 3.46. The van der Waals surface area contributed by atoms with Crippen molar-refractivity contribution in [2.45, 2.75) is 32.0 Å². The van der Waals surface area contributed by atoms with Gasteiger partial charge in [-0.2, -0.15) is 0 Å². The zero-order valence-electron chi connectivity index (χ0n) is 6.65. The van der Waals surface area contributed by atoms with Crippen LogP contribution in [0.2, 0.25) is 0 Å². The molecule has 0 fully saturated rings. The van der Waals surface area contributed by atoms with Crippen LogP contribution < -0.4 is 5.32 Å². The highest BCUT2D eigenvalue weighted by Crippen LogP contribution is 1.89. The highest BCUT2D eigenvalue weighted by Gasteiger charge is 2.17. The van der Waals surface area contributed by atoms with Crippen molar-refractivity contribution in [3.05, 3.63) is 0 Å². The molecule has 0 aromatic rings. The summed E-state index contributed by atoms with van der Waals surface area (Å²) in [6.45, 7) is 3.65. The monoisotopic (exact) mass is 159 g/mol. The molecule has 0 aromatic carbocycles. The molecule has 2 atom stereocenters. The molecule has 0 radical (unpaired) electrons. The van der Waals surface area contributed by atoms with Gasteiger partial charge in [-0.3, -0.25) is 0 Å². The normalized spacial score (nSPS) is 16.0. The molecule has 0 amide bonds. The molecule has 0 rings (SSSR count). The van der Waals surface area contributed by atoms with Crippen molar-refractivity contribution in [2.75, 3.05) is 0 Å². The van der Waals surface area contributed by atoms with Crippen molar-refractivity contribution < 1.29 is 14.7 Å². The maximum absolute atomic E-state index is 10.3. The van der Waals surface area contributed by atoms with Gasteiger partial charge in [-0.25, -0.2) is 0 Å². The van der Waals surface area contributed by atoms with E-state index in [1.54, 1.807) is 0 Å². The number of aldehydes is 2. The molecule has 11 heavy (non-hydrogen) atoms. The molecule has 0 saturated carbocycles. The molecule has 0 aliphatic carbocycles. The van der Waals surface area contributed by atoms with Gasteiger partial charge in [0.05, 0.1) is 6.04 Å². The molecule has 0 heterocycles. The second-order valence-electron chi connectivity index (χ2n) is 2.61. The van der Waals surface area contributed by atoms with Gasteiger partial charge in [-0.15, -0.1) is 0 Å². The summed E-state index contributed by atoms with van der Waals surface area (Å²) in [6, 6.07) is -0.715. The van der Waals surface area contributed by atoms with Gasteiger partial charge in [0.25, 0.3) is 0 Å². The lowest BCUT2D eigenvalue weighted by Crippen LogP contribution is -2.45. The lowest BCUT2D eigenvalue weighted by molar-refractivity contribution is -0.121. The van der Waals surface area contributed by atoms with Crippen LogP contribution in [0.15, 0.2) is 0 Å². The number of aliphatic hydroxyl groups is 1. The van der Waals surface area contributed by atoms with E-state index in [0.29, 0.717) is 12.6 Å². The number of aliphatic hydroxyl groups excluding tert-OH is 1. The number of carbonyl (C=O) groups excluding carboxylic acids is 2. The Balaban J connectivity index is 3.93. The maximum Gasteiger partial charge on any atom is 0.150 e. The van der Waals surface area contributed by atoms with Gasteiger partial charge in [-0.1, -0.05) is 13.8 Å². The molecule has 0 spiro atoms. The minimum atomic E-state index is -1.24. The minimum absolute atomic E-state index is 0.0693. The Kier molecular flexibility index (Phi) is 4.65. The summed E-state index contributed by atoms with van der Waals surface area (Å²) in [7, 11) is 0. The van der Waals surface area contributed by atoms with Gasteiger partial charge >= 0.3 is 0 Å². The van der Waals surface area contributed by atoms with Crippen LogP contribution >= 0.6 is 0 Å². The van der Waals surface area contributed by atoms with Gasteiger partial charge in [0.1, 0.15) is 12.4 Å². The summed E-state index contributed by atoms with van der Waals surface area (Å²) in [4.78, 5) is 20.3. The van der Waals surface area contributed by atoms with Crippen molar-refractivity contribution in [2.24, 2.45) is 0 Å². The van der Waals surface area contributed by atoms with Crippen LogP contribution in [0.1, 0.15) is 13.8 Å². The summed E-state index contributed by atoms with van der Waals surface area (Å²) in [5.74, 6) is 0. The summed E-state index contributed by atoms with van der Waals surface area (Å²) in [5, 5.41) is 11.6. The summed E-state index contributed by atoms with van der Waals surface area (Å²) in [6.07, 6.45) is -0.372. The molecule has 0 saturated heterocycles. The third-order valence-electron chi connectivity index (χ3n) is 1.18. The fourth-order valence-corrected chi connectivity index (χ4v) is 0.688. The zero-order valence-corrected chi connectivity index (χ0v) is 6.65. The van der Waals surface area contributed by atoms with Crippen LogP contribution in [0.25, 0.3) is 0 Å². The minimum Gasteiger partial charge on any atom is -0.384 e. The Morgan fingerprint density at radius 2 is 1.82 bits per heavy atom. The Bertz CT molecular complexity index is 136. The quantitative estimate of drug-likeness (QED) is 0.511. The average molecular weight is 159 g/mol. The Morgan fingerprint density at radius 3 is 2.09 bits per heavy atom. The molecule has 4 nitrogen and oxygen atoms in total. The van der Waals surface area contributed by atoms with Gasteiger partial charge in [0, 0.05) is 6.04 Å². The fourth-order valence-electron chi connectivity index (χ4n) is 0.688. The zero-order chi connectivity index (χ0) is 8.85. The Hall–Kier alpha value is -0.740. The molecule has 64 valence electrons. The van der Waals surface area contributed by atoms with Gasteiger partial charge in [0.2, 0.25) is 0 Å². The Morgan fingerprint density at radius 1 is 1.27 bits per heavy atom. The van der Waals surface area contributed by atoms with E-state index in [-0.39, 0.29) is 6.04 Å². The van der Waals surface area contributed by atoms with E-state index >= 15 is 0 Å². The SMILES string of the molecule is CC(C)NC(C=O)C(O)C=O. The van der Waals surface area contributed by atoms with Crippen LogP contribution in [0.3, 0.4) is 0 Å². The van der Waals surface area contributed by atoms with E-state index in [4.69, 9.17) is 5.11 Å². The van der Waals surface area contributed by atoms with Crippen LogP contribution in [-0.2, 0) is 9.59 Å². The standard InChI is InChI=1S/C7H13NO3/c1-5(2)8-6(3-9)7(11)4-10/h3-8,11H,1-2H3. The lowest BCUT2D eigenvalue weighted by Gasteiger charge is -2.16. The number of hydrogen-bond donors (Lipinski definition) is 2. The number of hydrogen-bond acceptors (Lipinski definition) is 4. The highest BCUT2D eigenvalue weighted by atomic mass is 16.3. The second-order valence-corrected chi connectivity index (χ2v) is 2.61. The van der Waals surface area contributed by atoms with Crippen molar-refractivity contribution in [3.63, 3.8) is 0 Å². The van der Waals surface area contributed by atoms with E-state index in [1.807, 2.05) is 13.8 Å². The predicted molar refractivity (Wildman–Crippen MR) is 40.2 cm³/mol. The van der Waals surface area contributed by atoms with Gasteiger partial charge in [0.15, 0.2) is 6.29 Å². The number of rotatable bonds is 5. The first kappa shape index (κ1) is 10.3. The molecule has 2 N–H and O–H groups in total. The third-order valence-corrected chi connectivity index (χ3v) is 1.18. The summed E-state index contributed by atoms with van der Waals surface area (Å²) in [5.41, 5.74) is 0. The second kappa shape index (κ2) is 4.98. The number of carbonyl (C=O) groups is 2. The van der Waals surface area contributed by atoms with Crippen molar-refractivity contribution in [1.29, 1.82) is 0 Å². The first-order valence-electron chi connectivity index (χ1n) is 3.46. The van der Waals surface area contributed by atoms with Crippen molar-refractivity contribution >= 4 is 12.6 Å². The fraction of sp³-hybridized carbons (Fsp3) is 0.714. The smallest absolute Gasteiger partial charge is 0.150 e. The average Bonchev–Trinajstić information content (AvgIpc) is 1.98. The van der Waals surface area contributed by atoms with E-state index in [2.05, 4.69) is 5.32 Å². The van der Waals surface area contributed by atoms with Crippen LogP contribution in [0, 0.1) is 0 Å². The maximum atomic E-state index is 10.3. The van der Waals surface area contributed by atoms with Crippen molar-refractivity contribution in [1.82, 2.24) is 5.32 Å². The van der Waals surface area contributed by atoms with Crippen LogP contribution in [0.4, 0.5) is 0 Å². The van der Waals surface area contributed by atoms with E-state index in [0.717, 1.165) is 0 Å². The van der Waals surface area contributed by atoms with Crippen molar-refractivity contribution in [3.8, 4) is 0 Å². The van der Waals surface area contributed by atoms with Crippen LogP contribution in [-0.4, -0.2) is 35.9 Å². The molecule has 0 aliphatic rings. The van der Waals surface area contributed by atoms with Crippen LogP contribution in [0.5, 0.6) is 0 Å². The lowest BCUT2D eigenvalue weighted by atomic mass is 10.2. The van der Waals surface area contributed by atoms with E-state index in [1.165, 1.54) is 0 Å². The molecule has 2 unspecified atom stereocenters. The summed E-state index contributed by atoms with van der Waals surface area (Å²) >= 11 is 0. The van der Waals surface area contributed by atoms with E-state index < -0.39 is 12.1 Å².